The second-order valence-electron chi connectivity index (χ2n) is 5.54. The maximum Gasteiger partial charge on any atom is 0.137 e. The molecule has 0 unspecified atom stereocenters. The van der Waals surface area contributed by atoms with Gasteiger partial charge in [-0.15, -0.1) is 0 Å². The zero-order valence-electron chi connectivity index (χ0n) is 12.1. The highest BCUT2D eigenvalue weighted by atomic mass is 16.3. The van der Waals surface area contributed by atoms with E-state index < -0.39 is 0 Å². The maximum absolute atomic E-state index is 9.38. The third-order valence-electron chi connectivity index (χ3n) is 4.03. The van der Waals surface area contributed by atoms with E-state index >= 15 is 0 Å². The van der Waals surface area contributed by atoms with Crippen LogP contribution in [0.5, 0.6) is 0 Å². The summed E-state index contributed by atoms with van der Waals surface area (Å²) in [4.78, 5) is 6.81. The molecule has 0 aliphatic heterocycles. The number of aliphatic hydroxyl groups excluding tert-OH is 1. The Morgan fingerprint density at radius 3 is 2.58 bits per heavy atom. The monoisotopic (exact) mass is 258 g/mol. The SMILES string of the molecule is CCC(C)(C)N(C)c1nc(CO)cc2ccccc12. The van der Waals surface area contributed by atoms with Gasteiger partial charge >= 0.3 is 0 Å². The zero-order valence-corrected chi connectivity index (χ0v) is 12.1. The molecule has 0 bridgehead atoms. The summed E-state index contributed by atoms with van der Waals surface area (Å²) in [7, 11) is 2.07. The van der Waals surface area contributed by atoms with Gasteiger partial charge in [-0.25, -0.2) is 4.98 Å². The van der Waals surface area contributed by atoms with Crippen LogP contribution in [0.1, 0.15) is 32.9 Å². The Labute approximate surface area is 114 Å². The van der Waals surface area contributed by atoms with Gasteiger partial charge in [-0.3, -0.25) is 0 Å². The van der Waals surface area contributed by atoms with Gasteiger partial charge in [-0.05, 0) is 31.7 Å². The molecule has 2 rings (SSSR count). The lowest BCUT2D eigenvalue weighted by atomic mass is 9.99. The predicted molar refractivity (Wildman–Crippen MR) is 80.4 cm³/mol. The van der Waals surface area contributed by atoms with Crippen LogP contribution in [-0.4, -0.2) is 22.7 Å². The van der Waals surface area contributed by atoms with E-state index in [1.807, 2.05) is 18.2 Å². The molecule has 0 atom stereocenters. The number of hydrogen-bond acceptors (Lipinski definition) is 3. The molecule has 3 heteroatoms. The van der Waals surface area contributed by atoms with Crippen molar-refractivity contribution >= 4 is 16.6 Å². The van der Waals surface area contributed by atoms with E-state index in [-0.39, 0.29) is 12.1 Å². The molecule has 3 nitrogen and oxygen atoms in total. The van der Waals surface area contributed by atoms with E-state index in [2.05, 4.69) is 49.8 Å². The maximum atomic E-state index is 9.38. The van der Waals surface area contributed by atoms with Crippen molar-refractivity contribution in [1.82, 2.24) is 4.98 Å². The highest BCUT2D eigenvalue weighted by Crippen LogP contribution is 2.30. The second-order valence-corrected chi connectivity index (χ2v) is 5.54. The molecule has 0 saturated heterocycles. The quantitative estimate of drug-likeness (QED) is 0.913. The fourth-order valence-corrected chi connectivity index (χ4v) is 2.10. The lowest BCUT2D eigenvalue weighted by Crippen LogP contribution is -2.41. The van der Waals surface area contributed by atoms with Crippen LogP contribution in [-0.2, 0) is 6.61 Å². The smallest absolute Gasteiger partial charge is 0.137 e. The number of anilines is 1. The topological polar surface area (TPSA) is 36.4 Å². The molecule has 1 aromatic heterocycles. The van der Waals surface area contributed by atoms with Crippen LogP contribution in [0, 0.1) is 0 Å². The third-order valence-corrected chi connectivity index (χ3v) is 4.03. The Balaban J connectivity index is 2.64. The van der Waals surface area contributed by atoms with Crippen molar-refractivity contribution < 1.29 is 5.11 Å². The Kier molecular flexibility index (Phi) is 3.76. The molecule has 102 valence electrons. The van der Waals surface area contributed by atoms with Gasteiger partial charge in [0, 0.05) is 18.0 Å². The predicted octanol–water partition coefficient (Wildman–Crippen LogP) is 3.35. The fraction of sp³-hybridized carbons (Fsp3) is 0.438. The van der Waals surface area contributed by atoms with Crippen molar-refractivity contribution in [3.05, 3.63) is 36.0 Å². The Morgan fingerprint density at radius 1 is 1.26 bits per heavy atom. The summed E-state index contributed by atoms with van der Waals surface area (Å²) >= 11 is 0. The van der Waals surface area contributed by atoms with E-state index in [4.69, 9.17) is 0 Å². The normalized spacial score (nSPS) is 11.8. The van der Waals surface area contributed by atoms with Crippen LogP contribution in [0.2, 0.25) is 0 Å². The van der Waals surface area contributed by atoms with Gasteiger partial charge in [0.2, 0.25) is 0 Å². The number of fused-ring (bicyclic) bond motifs is 1. The largest absolute Gasteiger partial charge is 0.390 e. The number of aliphatic hydroxyl groups is 1. The van der Waals surface area contributed by atoms with Crippen LogP contribution < -0.4 is 4.90 Å². The van der Waals surface area contributed by atoms with Crippen LogP contribution in [0.3, 0.4) is 0 Å². The molecule has 2 aromatic rings. The summed E-state index contributed by atoms with van der Waals surface area (Å²) in [6.45, 7) is 6.55. The van der Waals surface area contributed by atoms with Gasteiger partial charge in [0.15, 0.2) is 0 Å². The van der Waals surface area contributed by atoms with Gasteiger partial charge in [-0.1, -0.05) is 31.2 Å². The number of pyridine rings is 1. The highest BCUT2D eigenvalue weighted by Gasteiger charge is 2.24. The molecule has 0 aliphatic carbocycles. The molecule has 1 heterocycles. The molecule has 0 saturated carbocycles. The molecular weight excluding hydrogens is 236 g/mol. The molecule has 0 amide bonds. The van der Waals surface area contributed by atoms with E-state index in [0.717, 1.165) is 23.0 Å². The Hall–Kier alpha value is -1.61. The first kappa shape index (κ1) is 13.8. The van der Waals surface area contributed by atoms with E-state index in [1.165, 1.54) is 0 Å². The molecular formula is C16H22N2O. The van der Waals surface area contributed by atoms with Crippen molar-refractivity contribution in [3.63, 3.8) is 0 Å². The first-order valence-corrected chi connectivity index (χ1v) is 6.73. The summed E-state index contributed by atoms with van der Waals surface area (Å²) in [5.41, 5.74) is 0.747. The molecule has 0 radical (unpaired) electrons. The number of rotatable bonds is 4. The van der Waals surface area contributed by atoms with Crippen molar-refractivity contribution in [2.75, 3.05) is 11.9 Å². The van der Waals surface area contributed by atoms with Gasteiger partial charge < -0.3 is 10.0 Å². The van der Waals surface area contributed by atoms with Crippen molar-refractivity contribution in [1.29, 1.82) is 0 Å². The zero-order chi connectivity index (χ0) is 14.0. The summed E-state index contributed by atoms with van der Waals surface area (Å²) in [5.74, 6) is 0.939. The van der Waals surface area contributed by atoms with Gasteiger partial charge in [0.1, 0.15) is 5.82 Å². The third kappa shape index (κ3) is 2.56. The van der Waals surface area contributed by atoms with Crippen LogP contribution in [0.15, 0.2) is 30.3 Å². The first-order chi connectivity index (χ1) is 8.99. The standard InChI is InChI=1S/C16H22N2O/c1-5-16(2,3)18(4)15-14-9-7-6-8-12(14)10-13(11-19)17-15/h6-10,19H,5,11H2,1-4H3. The second kappa shape index (κ2) is 5.17. The number of nitrogens with zero attached hydrogens (tertiary/aromatic N) is 2. The molecule has 0 fully saturated rings. The molecule has 0 aliphatic rings. The molecule has 19 heavy (non-hydrogen) atoms. The average molecular weight is 258 g/mol. The number of hydrogen-bond donors (Lipinski definition) is 1. The Bertz CT molecular complexity index is 578. The van der Waals surface area contributed by atoms with Crippen molar-refractivity contribution in [3.8, 4) is 0 Å². The van der Waals surface area contributed by atoms with Gasteiger partial charge in [-0.2, -0.15) is 0 Å². The minimum absolute atomic E-state index is 0.0295. The number of benzene rings is 1. The fourth-order valence-electron chi connectivity index (χ4n) is 2.10. The lowest BCUT2D eigenvalue weighted by Gasteiger charge is -2.36. The minimum Gasteiger partial charge on any atom is -0.390 e. The average Bonchev–Trinajstić information content (AvgIpc) is 2.45. The van der Waals surface area contributed by atoms with Gasteiger partial charge in [0.05, 0.1) is 12.3 Å². The van der Waals surface area contributed by atoms with Gasteiger partial charge in [0.25, 0.3) is 0 Å². The van der Waals surface area contributed by atoms with Crippen LogP contribution in [0.4, 0.5) is 5.82 Å². The highest BCUT2D eigenvalue weighted by molar-refractivity contribution is 5.92. The van der Waals surface area contributed by atoms with E-state index in [9.17, 15) is 5.11 Å². The Morgan fingerprint density at radius 2 is 1.95 bits per heavy atom. The summed E-state index contributed by atoms with van der Waals surface area (Å²) in [5, 5.41) is 11.6. The van der Waals surface area contributed by atoms with Crippen LogP contribution >= 0.6 is 0 Å². The summed E-state index contributed by atoms with van der Waals surface area (Å²) in [6.07, 6.45) is 1.03. The summed E-state index contributed by atoms with van der Waals surface area (Å²) < 4.78 is 0. The van der Waals surface area contributed by atoms with Crippen molar-refractivity contribution in [2.24, 2.45) is 0 Å². The van der Waals surface area contributed by atoms with E-state index in [1.54, 1.807) is 0 Å². The lowest BCUT2D eigenvalue weighted by molar-refractivity contribution is 0.277. The molecule has 0 spiro atoms. The van der Waals surface area contributed by atoms with E-state index in [0.29, 0.717) is 5.69 Å². The minimum atomic E-state index is -0.0295. The molecule has 1 aromatic carbocycles. The first-order valence-electron chi connectivity index (χ1n) is 6.73. The summed E-state index contributed by atoms with van der Waals surface area (Å²) in [6, 6.07) is 10.1. The number of aromatic nitrogens is 1. The van der Waals surface area contributed by atoms with Crippen molar-refractivity contribution in [2.45, 2.75) is 39.3 Å². The van der Waals surface area contributed by atoms with Crippen LogP contribution in [0.25, 0.3) is 10.8 Å². The molecule has 1 N–H and O–H groups in total.